The predicted octanol–water partition coefficient (Wildman–Crippen LogP) is 5.17. The van der Waals surface area contributed by atoms with E-state index in [9.17, 15) is 9.59 Å². The summed E-state index contributed by atoms with van der Waals surface area (Å²) in [5.41, 5.74) is 3.47. The first kappa shape index (κ1) is 22.5. The van der Waals surface area contributed by atoms with Gasteiger partial charge in [-0.05, 0) is 61.3 Å². The highest BCUT2D eigenvalue weighted by Crippen LogP contribution is 2.39. The first-order valence-corrected chi connectivity index (χ1v) is 12.5. The van der Waals surface area contributed by atoms with Crippen LogP contribution in [0.3, 0.4) is 0 Å². The number of aromatic nitrogens is 2. The highest BCUT2D eigenvalue weighted by molar-refractivity contribution is 5.93. The number of piperidine rings is 1. The molecule has 3 aromatic rings. The summed E-state index contributed by atoms with van der Waals surface area (Å²) in [6.07, 6.45) is 10.3. The molecule has 6 heteroatoms. The normalized spacial score (nSPS) is 18.2. The Labute approximate surface area is 200 Å². The van der Waals surface area contributed by atoms with Crippen molar-refractivity contribution in [1.29, 1.82) is 0 Å². The molecule has 1 aromatic heterocycles. The molecule has 0 unspecified atom stereocenters. The Morgan fingerprint density at radius 1 is 0.912 bits per heavy atom. The van der Waals surface area contributed by atoms with E-state index in [2.05, 4.69) is 27.4 Å². The van der Waals surface area contributed by atoms with Gasteiger partial charge in [0.2, 0.25) is 11.8 Å². The molecule has 2 aromatic carbocycles. The molecule has 176 valence electrons. The average molecular weight is 457 g/mol. The summed E-state index contributed by atoms with van der Waals surface area (Å²) in [7, 11) is 0. The van der Waals surface area contributed by atoms with Gasteiger partial charge >= 0.3 is 0 Å². The highest BCUT2D eigenvalue weighted by atomic mass is 16.2. The van der Waals surface area contributed by atoms with Gasteiger partial charge in [0, 0.05) is 37.6 Å². The smallest absolute Gasteiger partial charge is 0.230 e. The number of carbonyl (C=O) groups is 2. The Kier molecular flexibility index (Phi) is 6.84. The molecule has 5 rings (SSSR count). The van der Waals surface area contributed by atoms with Crippen LogP contribution in [0, 0.1) is 11.8 Å². The molecule has 6 nitrogen and oxygen atoms in total. The molecule has 2 amide bonds. The minimum Gasteiger partial charge on any atom is -0.342 e. The Morgan fingerprint density at radius 3 is 2.35 bits per heavy atom. The van der Waals surface area contributed by atoms with Gasteiger partial charge in [0.15, 0.2) is 0 Å². The van der Waals surface area contributed by atoms with Crippen molar-refractivity contribution in [2.45, 2.75) is 50.9 Å². The number of amides is 2. The standard InChI is InChI=1S/C28H32N4O2/c33-26(31-23-10-11-24-25(19-23)30-15-14-29-24)18-20-12-16-32(17-13-20)28(34)27(22-8-4-5-9-22)21-6-2-1-3-7-21/h1-3,6-7,10-11,14-15,19-20,22,27H,4-5,8-9,12-13,16-18H2,(H,31,33)/t27-/m0/s1. The second-order valence-electron chi connectivity index (χ2n) is 9.71. The van der Waals surface area contributed by atoms with Gasteiger partial charge in [-0.15, -0.1) is 0 Å². The number of nitrogens with zero attached hydrogens (tertiary/aromatic N) is 3. The van der Waals surface area contributed by atoms with Crippen LogP contribution in [0.25, 0.3) is 11.0 Å². The third-order valence-corrected chi connectivity index (χ3v) is 7.45. The number of carbonyl (C=O) groups excluding carboxylic acids is 2. The molecule has 1 saturated carbocycles. The van der Waals surface area contributed by atoms with Gasteiger partial charge in [-0.3, -0.25) is 19.6 Å². The molecule has 0 bridgehead atoms. The van der Waals surface area contributed by atoms with Crippen LogP contribution in [0.2, 0.25) is 0 Å². The third kappa shape index (κ3) is 5.11. The number of hydrogen-bond donors (Lipinski definition) is 1. The number of rotatable bonds is 6. The SMILES string of the molecule is O=C(CC1CCN(C(=O)[C@@H](c2ccccc2)C2CCCC2)CC1)Nc1ccc2nccnc2c1. The second-order valence-corrected chi connectivity index (χ2v) is 9.71. The summed E-state index contributed by atoms with van der Waals surface area (Å²) in [4.78, 5) is 36.9. The highest BCUT2D eigenvalue weighted by Gasteiger charge is 2.36. The maximum absolute atomic E-state index is 13.6. The van der Waals surface area contributed by atoms with E-state index in [-0.39, 0.29) is 17.7 Å². The summed E-state index contributed by atoms with van der Waals surface area (Å²) in [5, 5.41) is 3.00. The quantitative estimate of drug-likeness (QED) is 0.555. The van der Waals surface area contributed by atoms with E-state index in [1.165, 1.54) is 12.8 Å². The van der Waals surface area contributed by atoms with Gasteiger partial charge in [0.1, 0.15) is 0 Å². The summed E-state index contributed by atoms with van der Waals surface area (Å²) < 4.78 is 0. The molecule has 0 radical (unpaired) electrons. The summed E-state index contributed by atoms with van der Waals surface area (Å²) >= 11 is 0. The molecule has 34 heavy (non-hydrogen) atoms. The van der Waals surface area contributed by atoms with E-state index in [0.717, 1.165) is 61.1 Å². The van der Waals surface area contributed by atoms with Crippen LogP contribution in [-0.4, -0.2) is 39.8 Å². The molecular weight excluding hydrogens is 424 g/mol. The summed E-state index contributed by atoms with van der Waals surface area (Å²) in [6.45, 7) is 1.47. The monoisotopic (exact) mass is 456 g/mol. The number of nitrogens with one attached hydrogen (secondary N) is 1. The lowest BCUT2D eigenvalue weighted by Crippen LogP contribution is -2.43. The van der Waals surface area contributed by atoms with Crippen LogP contribution >= 0.6 is 0 Å². The average Bonchev–Trinajstić information content (AvgIpc) is 3.39. The van der Waals surface area contributed by atoms with Crippen LogP contribution in [0.5, 0.6) is 0 Å². The lowest BCUT2D eigenvalue weighted by molar-refractivity contribution is -0.135. The molecule has 1 atom stereocenters. The molecule has 1 aliphatic carbocycles. The molecule has 1 N–H and O–H groups in total. The van der Waals surface area contributed by atoms with Gasteiger partial charge in [-0.25, -0.2) is 0 Å². The zero-order chi connectivity index (χ0) is 23.3. The van der Waals surface area contributed by atoms with Crippen molar-refractivity contribution in [1.82, 2.24) is 14.9 Å². The molecule has 0 spiro atoms. The molecule has 1 aliphatic heterocycles. The first-order valence-electron chi connectivity index (χ1n) is 12.5. The van der Waals surface area contributed by atoms with E-state index < -0.39 is 0 Å². The minimum absolute atomic E-state index is 0.0149. The van der Waals surface area contributed by atoms with Gasteiger partial charge in [0.05, 0.1) is 17.0 Å². The van der Waals surface area contributed by atoms with E-state index in [1.54, 1.807) is 12.4 Å². The lowest BCUT2D eigenvalue weighted by Gasteiger charge is -2.36. The van der Waals surface area contributed by atoms with E-state index in [4.69, 9.17) is 0 Å². The Morgan fingerprint density at radius 2 is 1.62 bits per heavy atom. The summed E-state index contributed by atoms with van der Waals surface area (Å²) in [5.74, 6) is 1.01. The lowest BCUT2D eigenvalue weighted by atomic mass is 9.83. The molecule has 1 saturated heterocycles. The van der Waals surface area contributed by atoms with Crippen molar-refractivity contribution in [3.8, 4) is 0 Å². The molecule has 2 aliphatic rings. The largest absolute Gasteiger partial charge is 0.342 e. The zero-order valence-corrected chi connectivity index (χ0v) is 19.5. The van der Waals surface area contributed by atoms with E-state index in [0.29, 0.717) is 18.3 Å². The van der Waals surface area contributed by atoms with Gasteiger partial charge in [-0.1, -0.05) is 43.2 Å². The fourth-order valence-electron chi connectivity index (χ4n) is 5.64. The molecular formula is C28H32N4O2. The Bertz CT molecular complexity index is 1140. The first-order chi connectivity index (χ1) is 16.7. The van der Waals surface area contributed by atoms with Crippen LogP contribution in [0.15, 0.2) is 60.9 Å². The van der Waals surface area contributed by atoms with Crippen molar-refractivity contribution < 1.29 is 9.59 Å². The predicted molar refractivity (Wildman–Crippen MR) is 133 cm³/mol. The van der Waals surface area contributed by atoms with Crippen molar-refractivity contribution in [2.24, 2.45) is 11.8 Å². The van der Waals surface area contributed by atoms with Gasteiger partial charge in [-0.2, -0.15) is 0 Å². The van der Waals surface area contributed by atoms with Gasteiger partial charge < -0.3 is 10.2 Å². The fraction of sp³-hybridized carbons (Fsp3) is 0.429. The maximum atomic E-state index is 13.6. The van der Waals surface area contributed by atoms with E-state index >= 15 is 0 Å². The number of hydrogen-bond acceptors (Lipinski definition) is 4. The number of benzene rings is 2. The number of fused-ring (bicyclic) bond motifs is 1. The van der Waals surface area contributed by atoms with Crippen molar-refractivity contribution in [2.75, 3.05) is 18.4 Å². The van der Waals surface area contributed by atoms with Crippen LogP contribution in [0.4, 0.5) is 5.69 Å². The second kappa shape index (κ2) is 10.3. The van der Waals surface area contributed by atoms with E-state index in [1.807, 2.05) is 41.3 Å². The Hall–Kier alpha value is -3.28. The van der Waals surface area contributed by atoms with Crippen LogP contribution in [0.1, 0.15) is 56.4 Å². The third-order valence-electron chi connectivity index (χ3n) is 7.45. The molecule has 2 fully saturated rings. The van der Waals surface area contributed by atoms with Crippen molar-refractivity contribution in [3.63, 3.8) is 0 Å². The van der Waals surface area contributed by atoms with Crippen molar-refractivity contribution in [3.05, 3.63) is 66.5 Å². The minimum atomic E-state index is -0.0282. The van der Waals surface area contributed by atoms with Crippen molar-refractivity contribution >= 4 is 28.5 Å². The number of anilines is 1. The topological polar surface area (TPSA) is 75.2 Å². The Balaban J connectivity index is 1.16. The zero-order valence-electron chi connectivity index (χ0n) is 19.5. The fourth-order valence-corrected chi connectivity index (χ4v) is 5.64. The van der Waals surface area contributed by atoms with Crippen LogP contribution < -0.4 is 5.32 Å². The van der Waals surface area contributed by atoms with Gasteiger partial charge in [0.25, 0.3) is 0 Å². The number of likely N-dealkylation sites (tertiary alicyclic amines) is 1. The molecule has 2 heterocycles. The maximum Gasteiger partial charge on any atom is 0.230 e. The summed E-state index contributed by atoms with van der Waals surface area (Å²) in [6, 6.07) is 15.9. The van der Waals surface area contributed by atoms with Crippen LogP contribution in [-0.2, 0) is 9.59 Å².